The number of hydrogen-bond acceptors (Lipinski definition) is 0. The van der Waals surface area contributed by atoms with Gasteiger partial charge >= 0.3 is 0 Å². The summed E-state index contributed by atoms with van der Waals surface area (Å²) < 4.78 is 0. The van der Waals surface area contributed by atoms with Crippen molar-refractivity contribution in [3.8, 4) is 0 Å². The summed E-state index contributed by atoms with van der Waals surface area (Å²) in [5.41, 5.74) is 0. The van der Waals surface area contributed by atoms with Gasteiger partial charge in [0.25, 0.3) is 0 Å². The van der Waals surface area contributed by atoms with Crippen molar-refractivity contribution in [2.75, 3.05) is 11.9 Å². The molecule has 41 valence electrons. The number of allylic oxidation sites excluding steroid dienone is 1. The summed E-state index contributed by atoms with van der Waals surface area (Å²) in [5, 5.41) is 10.7. The average Bonchev–Trinajstić information content (AvgIpc) is 1.69. The normalized spacial score (nSPS) is 10.6. The molecule has 0 aromatic rings. The zero-order valence-electron chi connectivity index (χ0n) is 4.06. The Balaban J connectivity index is 2.78. The highest BCUT2D eigenvalue weighted by Crippen LogP contribution is 1.87. The van der Waals surface area contributed by atoms with Crippen LogP contribution in [-0.4, -0.2) is 11.9 Å². The maximum absolute atomic E-state index is 9.70. The van der Waals surface area contributed by atoms with E-state index in [1.165, 1.54) is 0 Å². The third-order valence-corrected chi connectivity index (χ3v) is 0.997. The van der Waals surface area contributed by atoms with E-state index in [0.717, 1.165) is 11.8 Å². The lowest BCUT2D eigenvalue weighted by atomic mass is 10.4. The molecule has 0 unspecified atom stereocenters. The second-order valence-corrected chi connectivity index (χ2v) is 1.91. The van der Waals surface area contributed by atoms with Crippen LogP contribution in [0.5, 0.6) is 0 Å². The van der Waals surface area contributed by atoms with Crippen LogP contribution in [0.1, 0.15) is 6.42 Å². The molecule has 0 aromatic heterocycles. The number of rotatable bonds is 3. The number of alkyl halides is 1. The highest BCUT2D eigenvalue weighted by molar-refractivity contribution is 9.09. The molecule has 0 saturated heterocycles. The van der Waals surface area contributed by atoms with Gasteiger partial charge in [0.15, 0.2) is 0 Å². The third kappa shape index (κ3) is 6.18. The maximum Gasteiger partial charge on any atom is 0.100 e. The highest BCUT2D eigenvalue weighted by atomic mass is 79.9. The van der Waals surface area contributed by atoms with Gasteiger partial charge in [0.2, 0.25) is 0 Å². The number of halogens is 1. The van der Waals surface area contributed by atoms with Gasteiger partial charge in [0.1, 0.15) is 6.61 Å². The van der Waals surface area contributed by atoms with Crippen molar-refractivity contribution >= 4 is 15.9 Å². The van der Waals surface area contributed by atoms with Crippen molar-refractivity contribution in [2.45, 2.75) is 6.42 Å². The van der Waals surface area contributed by atoms with Crippen molar-refractivity contribution in [1.82, 2.24) is 0 Å². The van der Waals surface area contributed by atoms with Gasteiger partial charge in [-0.05, 0) is 6.42 Å². The van der Waals surface area contributed by atoms with Gasteiger partial charge in [0.05, 0.1) is 0 Å². The van der Waals surface area contributed by atoms with Gasteiger partial charge in [-0.1, -0.05) is 28.1 Å². The van der Waals surface area contributed by atoms with Crippen LogP contribution in [0.2, 0.25) is 0 Å². The summed E-state index contributed by atoms with van der Waals surface area (Å²) in [6.07, 6.45) is 4.46. The van der Waals surface area contributed by atoms with Crippen LogP contribution in [0.3, 0.4) is 0 Å². The Hall–Kier alpha value is 0.180. The molecular weight excluding hydrogens is 156 g/mol. The fraction of sp³-hybridized carbons (Fsp3) is 0.600. The molecule has 0 spiro atoms. The van der Waals surface area contributed by atoms with Gasteiger partial charge in [-0.15, -0.1) is 0 Å². The summed E-state index contributed by atoms with van der Waals surface area (Å²) in [4.78, 5) is 0. The van der Waals surface area contributed by atoms with E-state index < -0.39 is 0 Å². The van der Waals surface area contributed by atoms with Gasteiger partial charge in [-0.2, -0.15) is 0 Å². The molecule has 0 aliphatic heterocycles. The minimum Gasteiger partial charge on any atom is -0.232 e. The van der Waals surface area contributed by atoms with Crippen LogP contribution < -0.4 is 0 Å². The average molecular weight is 164 g/mol. The van der Waals surface area contributed by atoms with Crippen LogP contribution in [-0.2, 0) is 5.11 Å². The molecule has 0 aliphatic rings. The van der Waals surface area contributed by atoms with Crippen molar-refractivity contribution < 1.29 is 5.11 Å². The van der Waals surface area contributed by atoms with Gasteiger partial charge < -0.3 is 0 Å². The van der Waals surface area contributed by atoms with Crippen LogP contribution in [0.15, 0.2) is 12.2 Å². The van der Waals surface area contributed by atoms with Gasteiger partial charge in [0, 0.05) is 5.33 Å². The van der Waals surface area contributed by atoms with Gasteiger partial charge in [-0.25, -0.2) is 5.11 Å². The quantitative estimate of drug-likeness (QED) is 0.447. The zero-order chi connectivity index (χ0) is 5.54. The van der Waals surface area contributed by atoms with Crippen molar-refractivity contribution in [2.24, 2.45) is 0 Å². The molecule has 0 N–H and O–H groups in total. The molecule has 2 heteroatoms. The molecule has 0 fully saturated rings. The largest absolute Gasteiger partial charge is 0.232 e. The molecule has 0 aromatic carbocycles. The van der Waals surface area contributed by atoms with E-state index >= 15 is 0 Å². The molecule has 0 bridgehead atoms. The van der Waals surface area contributed by atoms with E-state index in [2.05, 4.69) is 15.9 Å². The molecule has 1 radical (unpaired) electrons. The molecule has 0 atom stereocenters. The van der Waals surface area contributed by atoms with Crippen LogP contribution >= 0.6 is 15.9 Å². The lowest BCUT2D eigenvalue weighted by Gasteiger charge is -1.77. The Labute approximate surface area is 52.2 Å². The monoisotopic (exact) mass is 163 g/mol. The second-order valence-electron chi connectivity index (χ2n) is 1.12. The van der Waals surface area contributed by atoms with Crippen molar-refractivity contribution in [3.63, 3.8) is 0 Å². The third-order valence-electron chi connectivity index (χ3n) is 0.539. The summed E-state index contributed by atoms with van der Waals surface area (Å²) in [6.45, 7) is -0.0903. The van der Waals surface area contributed by atoms with Crippen LogP contribution in [0.25, 0.3) is 0 Å². The maximum atomic E-state index is 9.70. The SMILES string of the molecule is [O]C/C=C/CCBr. The van der Waals surface area contributed by atoms with Gasteiger partial charge in [-0.3, -0.25) is 0 Å². The van der Waals surface area contributed by atoms with Crippen LogP contribution in [0.4, 0.5) is 0 Å². The Morgan fingerprint density at radius 3 is 2.57 bits per heavy atom. The highest BCUT2D eigenvalue weighted by Gasteiger charge is 1.70. The van der Waals surface area contributed by atoms with Crippen molar-refractivity contribution in [1.29, 1.82) is 0 Å². The van der Waals surface area contributed by atoms with E-state index in [9.17, 15) is 5.11 Å². The molecular formula is C5H8BrO. The second kappa shape index (κ2) is 6.18. The first-order valence-corrected chi connectivity index (χ1v) is 3.33. The fourth-order valence-corrected chi connectivity index (χ4v) is 0.513. The topological polar surface area (TPSA) is 19.9 Å². The molecule has 7 heavy (non-hydrogen) atoms. The Morgan fingerprint density at radius 1 is 1.43 bits per heavy atom. The van der Waals surface area contributed by atoms with E-state index in [1.54, 1.807) is 6.08 Å². The molecule has 0 heterocycles. The van der Waals surface area contributed by atoms with E-state index in [4.69, 9.17) is 0 Å². The zero-order valence-corrected chi connectivity index (χ0v) is 5.65. The summed E-state index contributed by atoms with van der Waals surface area (Å²) in [6, 6.07) is 0. The minimum absolute atomic E-state index is 0.0903. The fourth-order valence-electron chi connectivity index (χ4n) is 0.249. The molecule has 1 nitrogen and oxygen atoms in total. The molecule has 0 saturated carbocycles. The first-order chi connectivity index (χ1) is 3.41. The molecule has 0 aliphatic carbocycles. The minimum atomic E-state index is -0.0903. The number of hydrogen-bond donors (Lipinski definition) is 0. The predicted octanol–water partition coefficient (Wildman–Crippen LogP) is 1.76. The summed E-state index contributed by atoms with van der Waals surface area (Å²) >= 11 is 3.23. The Bertz CT molecular complexity index is 52.0. The lowest BCUT2D eigenvalue weighted by Crippen LogP contribution is -1.69. The Kier molecular flexibility index (Phi) is 6.34. The van der Waals surface area contributed by atoms with E-state index in [0.29, 0.717) is 0 Å². The van der Waals surface area contributed by atoms with Crippen molar-refractivity contribution in [3.05, 3.63) is 12.2 Å². The lowest BCUT2D eigenvalue weighted by molar-refractivity contribution is 0.232. The summed E-state index contributed by atoms with van der Waals surface area (Å²) in [7, 11) is 0. The Morgan fingerprint density at radius 2 is 2.14 bits per heavy atom. The first-order valence-electron chi connectivity index (χ1n) is 2.21. The standard InChI is InChI=1S/C5H8BrO/c6-4-2-1-3-5-7/h1,3H,2,4-5H2/b3-1+. The molecule has 0 amide bonds. The van der Waals surface area contributed by atoms with E-state index in [-0.39, 0.29) is 6.61 Å². The summed E-state index contributed by atoms with van der Waals surface area (Å²) in [5.74, 6) is 0. The van der Waals surface area contributed by atoms with E-state index in [1.807, 2.05) is 6.08 Å². The molecule has 0 rings (SSSR count). The smallest absolute Gasteiger partial charge is 0.100 e. The predicted molar refractivity (Wildman–Crippen MR) is 33.1 cm³/mol. The van der Waals surface area contributed by atoms with Crippen LogP contribution in [0, 0.1) is 0 Å². The first kappa shape index (κ1) is 7.18.